The highest BCUT2D eigenvalue weighted by Crippen LogP contribution is 2.19. The third-order valence-corrected chi connectivity index (χ3v) is 4.26. The van der Waals surface area contributed by atoms with E-state index >= 15 is 0 Å². The number of halogens is 2. The van der Waals surface area contributed by atoms with E-state index in [1.807, 2.05) is 0 Å². The molecule has 2 atom stereocenters. The zero-order valence-corrected chi connectivity index (χ0v) is 12.4. The Bertz CT molecular complexity index is 425. The molecule has 1 aliphatic rings. The molecule has 19 heavy (non-hydrogen) atoms. The fourth-order valence-corrected chi connectivity index (χ4v) is 2.75. The van der Waals surface area contributed by atoms with Crippen molar-refractivity contribution in [1.82, 2.24) is 10.2 Å². The van der Waals surface area contributed by atoms with Crippen LogP contribution in [-0.4, -0.2) is 30.6 Å². The van der Waals surface area contributed by atoms with E-state index in [-0.39, 0.29) is 5.82 Å². The second-order valence-electron chi connectivity index (χ2n) is 5.42. The minimum Gasteiger partial charge on any atom is -0.311 e. The lowest BCUT2D eigenvalue weighted by Crippen LogP contribution is -2.52. The van der Waals surface area contributed by atoms with Crippen molar-refractivity contribution in [1.29, 1.82) is 0 Å². The highest BCUT2D eigenvalue weighted by atomic mass is 35.5. The van der Waals surface area contributed by atoms with E-state index in [2.05, 4.69) is 24.1 Å². The smallest absolute Gasteiger partial charge is 0.127 e. The van der Waals surface area contributed by atoms with Crippen LogP contribution in [-0.2, 0) is 6.54 Å². The molecule has 1 aromatic carbocycles. The van der Waals surface area contributed by atoms with E-state index in [4.69, 9.17) is 11.6 Å². The summed E-state index contributed by atoms with van der Waals surface area (Å²) < 4.78 is 13.7. The van der Waals surface area contributed by atoms with Gasteiger partial charge in [0.15, 0.2) is 0 Å². The topological polar surface area (TPSA) is 15.3 Å². The Labute approximate surface area is 119 Å². The van der Waals surface area contributed by atoms with Gasteiger partial charge in [0.2, 0.25) is 0 Å². The summed E-state index contributed by atoms with van der Waals surface area (Å²) in [7, 11) is 0. The zero-order valence-electron chi connectivity index (χ0n) is 11.6. The first kappa shape index (κ1) is 14.8. The molecule has 0 spiro atoms. The fourth-order valence-electron chi connectivity index (χ4n) is 2.56. The molecule has 2 nitrogen and oxygen atoms in total. The van der Waals surface area contributed by atoms with Gasteiger partial charge in [-0.05, 0) is 24.1 Å². The summed E-state index contributed by atoms with van der Waals surface area (Å²) in [6.45, 7) is 8.01. The van der Waals surface area contributed by atoms with E-state index in [9.17, 15) is 4.39 Å². The van der Waals surface area contributed by atoms with Crippen LogP contribution in [0.3, 0.4) is 0 Å². The summed E-state index contributed by atoms with van der Waals surface area (Å²) in [5.74, 6) is 0.482. The predicted molar refractivity (Wildman–Crippen MR) is 77.9 cm³/mol. The summed E-state index contributed by atoms with van der Waals surface area (Å²) in [6, 6.07) is 5.28. The molecule has 1 aromatic rings. The first-order valence-corrected chi connectivity index (χ1v) is 7.37. The van der Waals surface area contributed by atoms with Gasteiger partial charge in [0.1, 0.15) is 5.82 Å². The largest absolute Gasteiger partial charge is 0.311 e. The van der Waals surface area contributed by atoms with Gasteiger partial charge >= 0.3 is 0 Å². The Balaban J connectivity index is 2.00. The number of nitrogens with zero attached hydrogens (tertiary/aromatic N) is 1. The Morgan fingerprint density at radius 2 is 2.32 bits per heavy atom. The quantitative estimate of drug-likeness (QED) is 0.913. The van der Waals surface area contributed by atoms with Crippen LogP contribution in [0.15, 0.2) is 18.2 Å². The summed E-state index contributed by atoms with van der Waals surface area (Å²) in [5.41, 5.74) is 0.692. The van der Waals surface area contributed by atoms with Gasteiger partial charge in [-0.1, -0.05) is 31.9 Å². The summed E-state index contributed by atoms with van der Waals surface area (Å²) >= 11 is 5.94. The first-order valence-electron chi connectivity index (χ1n) is 6.99. The van der Waals surface area contributed by atoms with Crippen LogP contribution >= 0.6 is 11.6 Å². The molecule has 0 radical (unpaired) electrons. The molecule has 1 fully saturated rings. The molecule has 1 saturated heterocycles. The number of piperazine rings is 1. The molecule has 1 N–H and O–H groups in total. The first-order chi connectivity index (χ1) is 9.10. The van der Waals surface area contributed by atoms with Crippen LogP contribution in [0.25, 0.3) is 0 Å². The molecule has 1 heterocycles. The molecule has 0 aliphatic carbocycles. The van der Waals surface area contributed by atoms with Gasteiger partial charge in [-0.15, -0.1) is 0 Å². The van der Waals surface area contributed by atoms with Crippen LogP contribution in [0, 0.1) is 11.7 Å². The second kappa shape index (κ2) is 6.69. The molecule has 0 amide bonds. The number of rotatable bonds is 4. The van der Waals surface area contributed by atoms with Crippen molar-refractivity contribution in [2.24, 2.45) is 5.92 Å². The van der Waals surface area contributed by atoms with Crippen molar-refractivity contribution in [3.63, 3.8) is 0 Å². The molecular formula is C15H22ClFN2. The van der Waals surface area contributed by atoms with Gasteiger partial charge in [-0.25, -0.2) is 4.39 Å². The van der Waals surface area contributed by atoms with Crippen LogP contribution in [0.2, 0.25) is 5.02 Å². The van der Waals surface area contributed by atoms with Gasteiger partial charge in [-0.3, -0.25) is 4.90 Å². The van der Waals surface area contributed by atoms with Gasteiger partial charge in [0.05, 0.1) is 0 Å². The van der Waals surface area contributed by atoms with Gasteiger partial charge in [0.25, 0.3) is 0 Å². The van der Waals surface area contributed by atoms with Crippen LogP contribution < -0.4 is 5.32 Å². The SMILES string of the molecule is CCC(C)C1CN(Cc2cc(Cl)ccc2F)CCN1. The standard InChI is InChI=1S/C15H22ClFN2/c1-3-11(2)15-10-19(7-6-18-15)9-12-8-13(16)4-5-14(12)17/h4-5,8,11,15,18H,3,6-7,9-10H2,1-2H3. The van der Waals surface area contributed by atoms with Gasteiger partial charge < -0.3 is 5.32 Å². The van der Waals surface area contributed by atoms with E-state index in [0.717, 1.165) is 26.1 Å². The fraction of sp³-hybridized carbons (Fsp3) is 0.600. The van der Waals surface area contributed by atoms with E-state index < -0.39 is 0 Å². The lowest BCUT2D eigenvalue weighted by atomic mass is 9.97. The maximum atomic E-state index is 13.7. The van der Waals surface area contributed by atoms with Crippen molar-refractivity contribution in [3.8, 4) is 0 Å². The summed E-state index contributed by atoms with van der Waals surface area (Å²) in [4.78, 5) is 2.31. The number of benzene rings is 1. The van der Waals surface area contributed by atoms with Gasteiger partial charge in [-0.2, -0.15) is 0 Å². The molecule has 0 aromatic heterocycles. The lowest BCUT2D eigenvalue weighted by molar-refractivity contribution is 0.161. The minimum atomic E-state index is -0.164. The summed E-state index contributed by atoms with van der Waals surface area (Å²) in [5, 5.41) is 4.15. The Kier molecular flexibility index (Phi) is 5.20. The lowest BCUT2D eigenvalue weighted by Gasteiger charge is -2.36. The Hall–Kier alpha value is -0.640. The third kappa shape index (κ3) is 3.91. The maximum absolute atomic E-state index is 13.7. The maximum Gasteiger partial charge on any atom is 0.127 e. The van der Waals surface area contributed by atoms with E-state index in [1.54, 1.807) is 12.1 Å². The summed E-state index contributed by atoms with van der Waals surface area (Å²) in [6.07, 6.45) is 1.16. The van der Waals surface area contributed by atoms with Crippen LogP contribution in [0.1, 0.15) is 25.8 Å². The zero-order chi connectivity index (χ0) is 13.8. The number of nitrogens with one attached hydrogen (secondary N) is 1. The molecule has 2 unspecified atom stereocenters. The average molecular weight is 285 g/mol. The number of hydrogen-bond donors (Lipinski definition) is 1. The van der Waals surface area contributed by atoms with E-state index in [0.29, 0.717) is 29.1 Å². The molecule has 0 saturated carbocycles. The third-order valence-electron chi connectivity index (χ3n) is 4.02. The minimum absolute atomic E-state index is 0.164. The van der Waals surface area contributed by atoms with Crippen molar-refractivity contribution in [2.45, 2.75) is 32.9 Å². The molecule has 0 bridgehead atoms. The Morgan fingerprint density at radius 3 is 3.05 bits per heavy atom. The molecule has 1 aliphatic heterocycles. The molecule has 106 valence electrons. The second-order valence-corrected chi connectivity index (χ2v) is 5.85. The van der Waals surface area contributed by atoms with Crippen molar-refractivity contribution < 1.29 is 4.39 Å². The highest BCUT2D eigenvalue weighted by molar-refractivity contribution is 6.30. The number of hydrogen-bond acceptors (Lipinski definition) is 2. The predicted octanol–water partition coefficient (Wildman–Crippen LogP) is 3.30. The molecule has 2 rings (SSSR count). The van der Waals surface area contributed by atoms with Crippen molar-refractivity contribution >= 4 is 11.6 Å². The molecular weight excluding hydrogens is 263 g/mol. The highest BCUT2D eigenvalue weighted by Gasteiger charge is 2.23. The van der Waals surface area contributed by atoms with Crippen molar-refractivity contribution in [3.05, 3.63) is 34.6 Å². The average Bonchev–Trinajstić information content (AvgIpc) is 2.42. The van der Waals surface area contributed by atoms with E-state index in [1.165, 1.54) is 6.07 Å². The van der Waals surface area contributed by atoms with Gasteiger partial charge in [0, 0.05) is 42.8 Å². The monoisotopic (exact) mass is 284 g/mol. The normalized spacial score (nSPS) is 22.4. The van der Waals surface area contributed by atoms with Crippen LogP contribution in [0.5, 0.6) is 0 Å². The Morgan fingerprint density at radius 1 is 1.53 bits per heavy atom. The molecule has 4 heteroatoms. The van der Waals surface area contributed by atoms with Crippen molar-refractivity contribution in [2.75, 3.05) is 19.6 Å². The van der Waals surface area contributed by atoms with Crippen LogP contribution in [0.4, 0.5) is 4.39 Å².